The molecule has 0 aliphatic rings. The maximum absolute atomic E-state index is 12.9. The number of rotatable bonds is 6. The number of benzene rings is 2. The van der Waals surface area contributed by atoms with Crippen LogP contribution in [0.2, 0.25) is 0 Å². The van der Waals surface area contributed by atoms with Crippen molar-refractivity contribution in [1.29, 1.82) is 0 Å². The third kappa shape index (κ3) is 4.85. The standard InChI is InChI=1S/C22H23N3O2S/c1-15-10-12-17(13-11-15)19(18-9-6-14-28-18)24-20(16-7-4-3-5-8-16)21(26)25-22(27)23-2/h3-14,19-20,24H,1-2H3,(H2,23,25,26,27)/t19-,20+/m1/s1. The predicted molar refractivity (Wildman–Crippen MR) is 112 cm³/mol. The van der Waals surface area contributed by atoms with Crippen molar-refractivity contribution in [2.24, 2.45) is 0 Å². The predicted octanol–water partition coefficient (Wildman–Crippen LogP) is 3.93. The fraction of sp³-hybridized carbons (Fsp3) is 0.182. The van der Waals surface area contributed by atoms with Crippen molar-refractivity contribution in [1.82, 2.24) is 16.0 Å². The van der Waals surface area contributed by atoms with Crippen LogP contribution >= 0.6 is 11.3 Å². The molecule has 144 valence electrons. The summed E-state index contributed by atoms with van der Waals surface area (Å²) < 4.78 is 0. The molecule has 3 aromatic rings. The number of urea groups is 1. The van der Waals surface area contributed by atoms with Gasteiger partial charge in [0.2, 0.25) is 5.91 Å². The van der Waals surface area contributed by atoms with Gasteiger partial charge in [-0.15, -0.1) is 11.3 Å². The quantitative estimate of drug-likeness (QED) is 0.594. The molecule has 2 aromatic carbocycles. The number of carbonyl (C=O) groups is 2. The molecule has 3 N–H and O–H groups in total. The Morgan fingerprint density at radius 2 is 1.61 bits per heavy atom. The monoisotopic (exact) mass is 393 g/mol. The number of hydrogen-bond acceptors (Lipinski definition) is 4. The lowest BCUT2D eigenvalue weighted by Gasteiger charge is -2.25. The zero-order valence-electron chi connectivity index (χ0n) is 15.8. The van der Waals surface area contributed by atoms with E-state index in [0.717, 1.165) is 16.0 Å². The minimum absolute atomic E-state index is 0.179. The summed E-state index contributed by atoms with van der Waals surface area (Å²) in [5.74, 6) is -0.404. The third-order valence-corrected chi connectivity index (χ3v) is 5.37. The van der Waals surface area contributed by atoms with E-state index in [1.807, 2.05) is 54.8 Å². The molecule has 2 atom stereocenters. The molecular formula is C22H23N3O2S. The molecule has 6 heteroatoms. The lowest BCUT2D eigenvalue weighted by atomic mass is 9.99. The third-order valence-electron chi connectivity index (χ3n) is 4.43. The summed E-state index contributed by atoms with van der Waals surface area (Å²) in [6.45, 7) is 2.04. The van der Waals surface area contributed by atoms with Gasteiger partial charge in [0.25, 0.3) is 0 Å². The second kappa shape index (κ2) is 9.30. The Morgan fingerprint density at radius 3 is 2.21 bits per heavy atom. The van der Waals surface area contributed by atoms with E-state index in [-0.39, 0.29) is 6.04 Å². The lowest BCUT2D eigenvalue weighted by Crippen LogP contribution is -2.45. The zero-order chi connectivity index (χ0) is 19.9. The molecule has 0 radical (unpaired) electrons. The number of nitrogens with one attached hydrogen (secondary N) is 3. The molecule has 1 heterocycles. The van der Waals surface area contributed by atoms with Gasteiger partial charge in [0.15, 0.2) is 0 Å². The van der Waals surface area contributed by atoms with Gasteiger partial charge in [-0.1, -0.05) is 66.2 Å². The topological polar surface area (TPSA) is 70.2 Å². The van der Waals surface area contributed by atoms with Crippen molar-refractivity contribution in [2.45, 2.75) is 19.0 Å². The molecule has 28 heavy (non-hydrogen) atoms. The van der Waals surface area contributed by atoms with Crippen LogP contribution in [0.25, 0.3) is 0 Å². The number of carbonyl (C=O) groups excluding carboxylic acids is 2. The van der Waals surface area contributed by atoms with E-state index in [1.165, 1.54) is 12.6 Å². The van der Waals surface area contributed by atoms with Gasteiger partial charge < -0.3 is 5.32 Å². The minimum atomic E-state index is -0.688. The van der Waals surface area contributed by atoms with Crippen LogP contribution in [0.1, 0.15) is 33.7 Å². The van der Waals surface area contributed by atoms with Gasteiger partial charge in [-0.3, -0.25) is 15.4 Å². The second-order valence-corrected chi connectivity index (χ2v) is 7.42. The first-order valence-electron chi connectivity index (χ1n) is 9.02. The van der Waals surface area contributed by atoms with E-state index in [9.17, 15) is 9.59 Å². The molecule has 3 amide bonds. The minimum Gasteiger partial charge on any atom is -0.341 e. The molecule has 0 bridgehead atoms. The average Bonchev–Trinajstić information content (AvgIpc) is 3.24. The fourth-order valence-electron chi connectivity index (χ4n) is 2.94. The summed E-state index contributed by atoms with van der Waals surface area (Å²) in [6.07, 6.45) is 0. The summed E-state index contributed by atoms with van der Waals surface area (Å²) in [7, 11) is 1.48. The van der Waals surface area contributed by atoms with Crippen LogP contribution < -0.4 is 16.0 Å². The second-order valence-electron chi connectivity index (χ2n) is 6.44. The van der Waals surface area contributed by atoms with Crippen molar-refractivity contribution in [3.63, 3.8) is 0 Å². The highest BCUT2D eigenvalue weighted by Crippen LogP contribution is 2.29. The first kappa shape index (κ1) is 19.8. The first-order chi connectivity index (χ1) is 13.6. The lowest BCUT2D eigenvalue weighted by molar-refractivity contribution is -0.122. The maximum Gasteiger partial charge on any atom is 0.321 e. The van der Waals surface area contributed by atoms with Crippen molar-refractivity contribution >= 4 is 23.3 Å². The molecule has 5 nitrogen and oxygen atoms in total. The fourth-order valence-corrected chi connectivity index (χ4v) is 3.75. The van der Waals surface area contributed by atoms with E-state index in [2.05, 4.69) is 40.2 Å². The van der Waals surface area contributed by atoms with Gasteiger partial charge in [0.05, 0.1) is 6.04 Å². The summed E-state index contributed by atoms with van der Waals surface area (Å²) in [6, 6.07) is 20.3. The van der Waals surface area contributed by atoms with Crippen LogP contribution in [0.5, 0.6) is 0 Å². The van der Waals surface area contributed by atoms with E-state index in [4.69, 9.17) is 0 Å². The Bertz CT molecular complexity index is 909. The summed E-state index contributed by atoms with van der Waals surface area (Å²) in [5.41, 5.74) is 3.02. The molecule has 0 aliphatic heterocycles. The summed E-state index contributed by atoms with van der Waals surface area (Å²) >= 11 is 1.62. The van der Waals surface area contributed by atoms with Gasteiger partial charge in [-0.05, 0) is 29.5 Å². The van der Waals surface area contributed by atoms with Crippen molar-refractivity contribution < 1.29 is 9.59 Å². The van der Waals surface area contributed by atoms with Gasteiger partial charge in [-0.2, -0.15) is 0 Å². The van der Waals surface area contributed by atoms with Gasteiger partial charge in [0, 0.05) is 11.9 Å². The van der Waals surface area contributed by atoms with Crippen molar-refractivity contribution in [3.05, 3.63) is 93.7 Å². The average molecular weight is 394 g/mol. The number of hydrogen-bond donors (Lipinski definition) is 3. The Kier molecular flexibility index (Phi) is 6.57. The first-order valence-corrected chi connectivity index (χ1v) is 9.90. The van der Waals surface area contributed by atoms with E-state index in [0.29, 0.717) is 0 Å². The van der Waals surface area contributed by atoms with E-state index >= 15 is 0 Å². The number of imide groups is 1. The molecular weight excluding hydrogens is 370 g/mol. The van der Waals surface area contributed by atoms with Crippen LogP contribution in [-0.4, -0.2) is 19.0 Å². The van der Waals surface area contributed by atoms with Crippen LogP contribution in [0.3, 0.4) is 0 Å². The van der Waals surface area contributed by atoms with E-state index < -0.39 is 18.0 Å². The smallest absolute Gasteiger partial charge is 0.321 e. The number of thiophene rings is 1. The Labute approximate surface area is 168 Å². The van der Waals surface area contributed by atoms with Gasteiger partial charge in [-0.25, -0.2) is 4.79 Å². The highest BCUT2D eigenvalue weighted by atomic mass is 32.1. The SMILES string of the molecule is CNC(=O)NC(=O)[C@@H](N[C@H](c1ccc(C)cc1)c1cccs1)c1ccccc1. The molecule has 0 unspecified atom stereocenters. The molecule has 0 saturated heterocycles. The normalized spacial score (nSPS) is 12.8. The zero-order valence-corrected chi connectivity index (χ0v) is 16.6. The molecule has 3 rings (SSSR count). The highest BCUT2D eigenvalue weighted by molar-refractivity contribution is 7.10. The molecule has 0 saturated carbocycles. The van der Waals surface area contributed by atoms with Crippen molar-refractivity contribution in [2.75, 3.05) is 7.05 Å². The van der Waals surface area contributed by atoms with Crippen LogP contribution in [0, 0.1) is 6.92 Å². The highest BCUT2D eigenvalue weighted by Gasteiger charge is 2.27. The summed E-state index contributed by atoms with van der Waals surface area (Å²) in [5, 5.41) is 10.3. The Morgan fingerprint density at radius 1 is 0.893 bits per heavy atom. The van der Waals surface area contributed by atoms with Crippen LogP contribution in [-0.2, 0) is 4.79 Å². The Hall–Kier alpha value is -2.96. The van der Waals surface area contributed by atoms with Crippen LogP contribution in [0.4, 0.5) is 4.79 Å². The van der Waals surface area contributed by atoms with E-state index in [1.54, 1.807) is 11.3 Å². The summed E-state index contributed by atoms with van der Waals surface area (Å²) in [4.78, 5) is 25.7. The molecule has 0 spiro atoms. The molecule has 0 aliphatic carbocycles. The largest absolute Gasteiger partial charge is 0.341 e. The molecule has 1 aromatic heterocycles. The Balaban J connectivity index is 1.96. The maximum atomic E-state index is 12.9. The molecule has 0 fully saturated rings. The van der Waals surface area contributed by atoms with Crippen LogP contribution in [0.15, 0.2) is 72.1 Å². The van der Waals surface area contributed by atoms with Gasteiger partial charge >= 0.3 is 6.03 Å². The number of aryl methyl sites for hydroxylation is 1. The van der Waals surface area contributed by atoms with Crippen molar-refractivity contribution in [3.8, 4) is 0 Å². The van der Waals surface area contributed by atoms with Gasteiger partial charge in [0.1, 0.15) is 6.04 Å². The number of amides is 3.